The fraction of sp³-hybridized carbons (Fsp3) is 0.294. The lowest BCUT2D eigenvalue weighted by Crippen LogP contribution is -2.24. The summed E-state index contributed by atoms with van der Waals surface area (Å²) in [5.74, 6) is 0.810. The minimum atomic E-state index is 0.299. The first-order chi connectivity index (χ1) is 11.4. The molecule has 4 heterocycles. The molecule has 0 saturated carbocycles. The van der Waals surface area contributed by atoms with E-state index in [1.807, 2.05) is 35.3 Å². The first kappa shape index (κ1) is 14.0. The highest BCUT2D eigenvalue weighted by Gasteiger charge is 2.27. The second-order valence-corrected chi connectivity index (χ2v) is 5.72. The molecule has 1 atom stereocenters. The largest absolute Gasteiger partial charge is 0.289 e. The van der Waals surface area contributed by atoms with Crippen molar-refractivity contribution in [2.75, 3.05) is 6.54 Å². The average Bonchev–Trinajstić information content (AvgIpc) is 3.28. The van der Waals surface area contributed by atoms with Crippen molar-refractivity contribution >= 4 is 0 Å². The Morgan fingerprint density at radius 3 is 2.96 bits per heavy atom. The predicted molar refractivity (Wildman–Crippen MR) is 85.8 cm³/mol. The van der Waals surface area contributed by atoms with Gasteiger partial charge in [0.15, 0.2) is 5.82 Å². The van der Waals surface area contributed by atoms with Crippen molar-refractivity contribution in [3.05, 3.63) is 66.9 Å². The van der Waals surface area contributed by atoms with Crippen molar-refractivity contribution < 1.29 is 0 Å². The lowest BCUT2D eigenvalue weighted by Gasteiger charge is -2.23. The first-order valence-corrected chi connectivity index (χ1v) is 7.84. The van der Waals surface area contributed by atoms with Gasteiger partial charge in [0.1, 0.15) is 6.33 Å². The van der Waals surface area contributed by atoms with Crippen LogP contribution in [0.5, 0.6) is 0 Å². The van der Waals surface area contributed by atoms with E-state index in [-0.39, 0.29) is 0 Å². The average molecular weight is 306 g/mol. The second kappa shape index (κ2) is 6.26. The fourth-order valence-electron chi connectivity index (χ4n) is 3.10. The summed E-state index contributed by atoms with van der Waals surface area (Å²) in [4.78, 5) is 20.1. The van der Waals surface area contributed by atoms with Gasteiger partial charge in [-0.25, -0.2) is 9.97 Å². The highest BCUT2D eigenvalue weighted by Crippen LogP contribution is 2.31. The molecular weight excluding hydrogens is 288 g/mol. The standard InChI is InChI=1S/C17H18N6/c1-2-6-20-14(4-1)12-22-8-3-5-16(22)15-10-19-11-17(21-15)23-9-7-18-13-23/h1-2,4,6-7,9-11,13,16H,3,5,8,12H2/t16-/m0/s1. The van der Waals surface area contributed by atoms with E-state index in [1.165, 1.54) is 6.42 Å². The highest BCUT2D eigenvalue weighted by atomic mass is 15.2. The number of pyridine rings is 1. The normalized spacial score (nSPS) is 18.3. The summed E-state index contributed by atoms with van der Waals surface area (Å²) < 4.78 is 1.88. The molecule has 6 nitrogen and oxygen atoms in total. The van der Waals surface area contributed by atoms with Crippen LogP contribution in [0, 0.1) is 0 Å². The lowest BCUT2D eigenvalue weighted by molar-refractivity contribution is 0.241. The summed E-state index contributed by atoms with van der Waals surface area (Å²) in [7, 11) is 0. The number of nitrogens with zero attached hydrogens (tertiary/aromatic N) is 6. The molecule has 6 heteroatoms. The summed E-state index contributed by atoms with van der Waals surface area (Å²) in [6.07, 6.45) is 13.1. The van der Waals surface area contributed by atoms with Crippen LogP contribution < -0.4 is 0 Å². The number of likely N-dealkylation sites (tertiary alicyclic amines) is 1. The number of hydrogen-bond acceptors (Lipinski definition) is 5. The van der Waals surface area contributed by atoms with Crippen molar-refractivity contribution in [3.8, 4) is 5.82 Å². The minimum Gasteiger partial charge on any atom is -0.289 e. The predicted octanol–water partition coefficient (Wildman–Crippen LogP) is 2.39. The van der Waals surface area contributed by atoms with Gasteiger partial charge in [0, 0.05) is 25.1 Å². The fourth-order valence-corrected chi connectivity index (χ4v) is 3.10. The Bertz CT molecular complexity index is 756. The van der Waals surface area contributed by atoms with Crippen LogP contribution in [0.3, 0.4) is 0 Å². The molecule has 0 N–H and O–H groups in total. The Morgan fingerprint density at radius 1 is 1.13 bits per heavy atom. The molecule has 0 unspecified atom stereocenters. The Balaban J connectivity index is 1.58. The zero-order valence-electron chi connectivity index (χ0n) is 12.8. The summed E-state index contributed by atoms with van der Waals surface area (Å²) in [6.45, 7) is 1.92. The molecule has 0 aliphatic carbocycles. The third-order valence-corrected chi connectivity index (χ3v) is 4.21. The molecular formula is C17H18N6. The van der Waals surface area contributed by atoms with Crippen LogP contribution in [0.25, 0.3) is 5.82 Å². The molecule has 23 heavy (non-hydrogen) atoms. The molecule has 3 aromatic heterocycles. The van der Waals surface area contributed by atoms with Gasteiger partial charge >= 0.3 is 0 Å². The quantitative estimate of drug-likeness (QED) is 0.741. The zero-order chi connectivity index (χ0) is 15.5. The van der Waals surface area contributed by atoms with Gasteiger partial charge in [-0.15, -0.1) is 0 Å². The number of hydrogen-bond donors (Lipinski definition) is 0. The molecule has 0 spiro atoms. The summed E-state index contributed by atoms with van der Waals surface area (Å²) in [5, 5.41) is 0. The Kier molecular flexibility index (Phi) is 3.81. The molecule has 1 fully saturated rings. The maximum atomic E-state index is 4.79. The molecule has 0 aromatic carbocycles. The third kappa shape index (κ3) is 2.98. The van der Waals surface area contributed by atoms with E-state index in [9.17, 15) is 0 Å². The minimum absolute atomic E-state index is 0.299. The van der Waals surface area contributed by atoms with Crippen LogP contribution >= 0.6 is 0 Å². The second-order valence-electron chi connectivity index (χ2n) is 5.72. The van der Waals surface area contributed by atoms with Crippen LogP contribution in [0.15, 0.2) is 55.5 Å². The van der Waals surface area contributed by atoms with Gasteiger partial charge in [0.05, 0.1) is 29.8 Å². The Hall–Kier alpha value is -2.60. The van der Waals surface area contributed by atoms with Crippen molar-refractivity contribution in [3.63, 3.8) is 0 Å². The van der Waals surface area contributed by atoms with E-state index in [4.69, 9.17) is 4.98 Å². The van der Waals surface area contributed by atoms with E-state index >= 15 is 0 Å². The van der Waals surface area contributed by atoms with Gasteiger partial charge < -0.3 is 0 Å². The molecule has 3 aromatic rings. The highest BCUT2D eigenvalue weighted by molar-refractivity contribution is 5.21. The van der Waals surface area contributed by atoms with E-state index in [2.05, 4.69) is 25.9 Å². The van der Waals surface area contributed by atoms with Crippen molar-refractivity contribution in [1.82, 2.24) is 29.4 Å². The molecule has 4 rings (SSSR count). The number of aromatic nitrogens is 5. The molecule has 0 bridgehead atoms. The van der Waals surface area contributed by atoms with Crippen LogP contribution in [-0.4, -0.2) is 35.9 Å². The molecule has 0 amide bonds. The van der Waals surface area contributed by atoms with Crippen LogP contribution in [0.1, 0.15) is 30.3 Å². The maximum absolute atomic E-state index is 4.79. The zero-order valence-corrected chi connectivity index (χ0v) is 12.8. The van der Waals surface area contributed by atoms with E-state index in [0.717, 1.165) is 36.7 Å². The van der Waals surface area contributed by atoms with Crippen LogP contribution in [0.4, 0.5) is 0 Å². The van der Waals surface area contributed by atoms with Crippen molar-refractivity contribution in [2.45, 2.75) is 25.4 Å². The van der Waals surface area contributed by atoms with E-state index in [0.29, 0.717) is 6.04 Å². The van der Waals surface area contributed by atoms with E-state index < -0.39 is 0 Å². The third-order valence-electron chi connectivity index (χ3n) is 4.21. The van der Waals surface area contributed by atoms with Crippen molar-refractivity contribution in [1.29, 1.82) is 0 Å². The Labute approximate surface area is 134 Å². The molecule has 0 radical (unpaired) electrons. The number of rotatable bonds is 4. The SMILES string of the molecule is c1ccc(CN2CCC[C@H]2c2cncc(-n3ccnc3)n2)nc1. The number of imidazole rings is 1. The smallest absolute Gasteiger partial charge is 0.156 e. The monoisotopic (exact) mass is 306 g/mol. The maximum Gasteiger partial charge on any atom is 0.156 e. The van der Waals surface area contributed by atoms with Gasteiger partial charge in [-0.3, -0.25) is 19.4 Å². The van der Waals surface area contributed by atoms with Gasteiger partial charge in [-0.2, -0.15) is 0 Å². The van der Waals surface area contributed by atoms with Crippen LogP contribution in [-0.2, 0) is 6.54 Å². The Morgan fingerprint density at radius 2 is 2.13 bits per heavy atom. The molecule has 1 saturated heterocycles. The van der Waals surface area contributed by atoms with Crippen LogP contribution in [0.2, 0.25) is 0 Å². The topological polar surface area (TPSA) is 59.7 Å². The van der Waals surface area contributed by atoms with Gasteiger partial charge in [-0.05, 0) is 31.5 Å². The summed E-state index contributed by atoms with van der Waals surface area (Å²) in [5.41, 5.74) is 2.11. The molecule has 116 valence electrons. The van der Waals surface area contributed by atoms with E-state index in [1.54, 1.807) is 18.7 Å². The summed E-state index contributed by atoms with van der Waals surface area (Å²) in [6, 6.07) is 6.36. The molecule has 1 aliphatic rings. The molecule has 1 aliphatic heterocycles. The lowest BCUT2D eigenvalue weighted by atomic mass is 10.1. The summed E-state index contributed by atoms with van der Waals surface area (Å²) >= 11 is 0. The van der Waals surface area contributed by atoms with Gasteiger partial charge in [-0.1, -0.05) is 6.07 Å². The first-order valence-electron chi connectivity index (χ1n) is 7.84. The van der Waals surface area contributed by atoms with Gasteiger partial charge in [0.2, 0.25) is 0 Å². The van der Waals surface area contributed by atoms with Gasteiger partial charge in [0.25, 0.3) is 0 Å². The van der Waals surface area contributed by atoms with Crippen molar-refractivity contribution in [2.24, 2.45) is 0 Å².